The molecule has 1 saturated heterocycles. The molecular formula is C34H26ClN7O. The lowest BCUT2D eigenvalue weighted by Crippen LogP contribution is -2.37. The summed E-state index contributed by atoms with van der Waals surface area (Å²) in [5, 5.41) is 4.63. The number of allylic oxidation sites excluding steroid dienone is 2. The van der Waals surface area contributed by atoms with Crippen LogP contribution in [-0.2, 0) is 5.41 Å². The summed E-state index contributed by atoms with van der Waals surface area (Å²) < 4.78 is 2.03. The molecule has 1 atom stereocenters. The van der Waals surface area contributed by atoms with E-state index in [2.05, 4.69) is 66.6 Å². The van der Waals surface area contributed by atoms with E-state index in [4.69, 9.17) is 11.6 Å². The van der Waals surface area contributed by atoms with Gasteiger partial charge in [-0.15, -0.1) is 0 Å². The zero-order chi connectivity index (χ0) is 29.0. The van der Waals surface area contributed by atoms with Gasteiger partial charge in [-0.25, -0.2) is 15.0 Å². The molecular weight excluding hydrogens is 558 g/mol. The van der Waals surface area contributed by atoms with Crippen molar-refractivity contribution in [3.05, 3.63) is 132 Å². The van der Waals surface area contributed by atoms with Gasteiger partial charge in [-0.1, -0.05) is 48.0 Å². The molecule has 1 amide bonds. The predicted molar refractivity (Wildman–Crippen MR) is 167 cm³/mol. The molecule has 2 aliphatic rings. The normalized spacial score (nSPS) is 17.0. The number of pyridine rings is 2. The van der Waals surface area contributed by atoms with Crippen molar-refractivity contribution in [1.82, 2.24) is 29.7 Å². The molecule has 210 valence electrons. The van der Waals surface area contributed by atoms with Crippen LogP contribution in [0, 0.1) is 0 Å². The maximum absolute atomic E-state index is 13.2. The Morgan fingerprint density at radius 1 is 0.907 bits per heavy atom. The van der Waals surface area contributed by atoms with Gasteiger partial charge < -0.3 is 10.2 Å². The largest absolute Gasteiger partial charge is 0.354 e. The number of nitrogens with one attached hydrogen (secondary N) is 1. The number of imidazole rings is 1. The molecule has 2 aromatic carbocycles. The van der Waals surface area contributed by atoms with E-state index in [9.17, 15) is 4.79 Å². The van der Waals surface area contributed by atoms with E-state index in [1.807, 2.05) is 59.4 Å². The fourth-order valence-corrected chi connectivity index (χ4v) is 6.29. The third-order valence-corrected chi connectivity index (χ3v) is 8.73. The van der Waals surface area contributed by atoms with Gasteiger partial charge in [0.1, 0.15) is 5.82 Å². The smallest absolute Gasteiger partial charge is 0.253 e. The number of rotatable bonds is 6. The van der Waals surface area contributed by atoms with Crippen molar-refractivity contribution in [2.24, 2.45) is 0 Å². The molecule has 0 spiro atoms. The van der Waals surface area contributed by atoms with Crippen LogP contribution in [-0.4, -0.2) is 49.4 Å². The molecule has 0 saturated carbocycles. The first-order valence-electron chi connectivity index (χ1n) is 14.2. The van der Waals surface area contributed by atoms with Crippen molar-refractivity contribution >= 4 is 40.0 Å². The van der Waals surface area contributed by atoms with E-state index in [1.165, 1.54) is 0 Å². The number of fused-ring (bicyclic) bond motifs is 2. The minimum absolute atomic E-state index is 0.0266. The Morgan fingerprint density at radius 2 is 1.79 bits per heavy atom. The van der Waals surface area contributed by atoms with Crippen LogP contribution in [0.4, 0.5) is 5.82 Å². The summed E-state index contributed by atoms with van der Waals surface area (Å²) >= 11 is 6.69. The van der Waals surface area contributed by atoms with Crippen molar-refractivity contribution in [2.75, 3.05) is 18.0 Å². The highest BCUT2D eigenvalue weighted by Crippen LogP contribution is 2.45. The lowest BCUT2D eigenvalue weighted by molar-refractivity contribution is 0.0940. The summed E-state index contributed by atoms with van der Waals surface area (Å²) in [7, 11) is 0. The van der Waals surface area contributed by atoms with Crippen molar-refractivity contribution in [1.29, 1.82) is 0 Å². The summed E-state index contributed by atoms with van der Waals surface area (Å²) in [6.07, 6.45) is 14.5. The number of hydrogen-bond acceptors (Lipinski definition) is 6. The van der Waals surface area contributed by atoms with E-state index >= 15 is 0 Å². The number of nitrogens with zero attached hydrogens (tertiary/aromatic N) is 6. The van der Waals surface area contributed by atoms with Gasteiger partial charge in [0, 0.05) is 54.9 Å². The fourth-order valence-electron chi connectivity index (χ4n) is 6.03. The van der Waals surface area contributed by atoms with E-state index in [0.29, 0.717) is 22.9 Å². The summed E-state index contributed by atoms with van der Waals surface area (Å²) in [6, 6.07) is 21.8. The van der Waals surface area contributed by atoms with Crippen LogP contribution in [0.3, 0.4) is 0 Å². The van der Waals surface area contributed by atoms with Crippen molar-refractivity contribution in [3.8, 4) is 11.1 Å². The van der Waals surface area contributed by atoms with Crippen molar-refractivity contribution < 1.29 is 4.79 Å². The van der Waals surface area contributed by atoms with Gasteiger partial charge in [-0.2, -0.15) is 0 Å². The molecule has 0 bridgehead atoms. The molecule has 4 aromatic heterocycles. The Morgan fingerprint density at radius 3 is 2.63 bits per heavy atom. The second-order valence-electron chi connectivity index (χ2n) is 11.1. The Hall–Kier alpha value is -5.08. The Balaban J connectivity index is 1.04. The summed E-state index contributed by atoms with van der Waals surface area (Å²) in [6.45, 7) is 1.55. The van der Waals surface area contributed by atoms with E-state index < -0.39 is 0 Å². The third kappa shape index (κ3) is 4.51. The first-order valence-corrected chi connectivity index (χ1v) is 14.6. The van der Waals surface area contributed by atoms with Crippen LogP contribution < -0.4 is 10.2 Å². The average molecular weight is 584 g/mol. The molecule has 5 heterocycles. The molecule has 1 N–H and O–H groups in total. The number of carbonyl (C=O) groups excluding carboxylic acids is 1. The predicted octanol–water partition coefficient (Wildman–Crippen LogP) is 5.86. The summed E-state index contributed by atoms with van der Waals surface area (Å²) in [5.41, 5.74) is 4.98. The quantitative estimate of drug-likeness (QED) is 0.247. The molecule has 0 radical (unpaired) electrons. The average Bonchev–Trinajstić information content (AvgIpc) is 3.51. The van der Waals surface area contributed by atoms with Gasteiger partial charge in [0.25, 0.3) is 5.91 Å². The van der Waals surface area contributed by atoms with Gasteiger partial charge in [-0.05, 0) is 60.0 Å². The molecule has 1 aliphatic heterocycles. The lowest BCUT2D eigenvalue weighted by atomic mass is 9.89. The number of anilines is 1. The summed E-state index contributed by atoms with van der Waals surface area (Å²) in [4.78, 5) is 33.5. The topological polar surface area (TPSA) is 88.3 Å². The van der Waals surface area contributed by atoms with Gasteiger partial charge in [0.15, 0.2) is 0 Å². The van der Waals surface area contributed by atoms with Gasteiger partial charge in [0.05, 0.1) is 33.4 Å². The number of aromatic nitrogens is 5. The van der Waals surface area contributed by atoms with Crippen LogP contribution in [0.2, 0.25) is 5.02 Å². The van der Waals surface area contributed by atoms with Crippen LogP contribution in [0.5, 0.6) is 0 Å². The molecule has 1 aliphatic carbocycles. The third-order valence-electron chi connectivity index (χ3n) is 8.41. The van der Waals surface area contributed by atoms with Crippen LogP contribution in [0.1, 0.15) is 28.0 Å². The highest BCUT2D eigenvalue weighted by Gasteiger charge is 2.41. The zero-order valence-electron chi connectivity index (χ0n) is 23.1. The molecule has 6 aromatic rings. The molecule has 8 rings (SSSR count). The fraction of sp³-hybridized carbons (Fsp3) is 0.147. The maximum Gasteiger partial charge on any atom is 0.253 e. The summed E-state index contributed by atoms with van der Waals surface area (Å²) in [5.74, 6) is 1.36. The lowest BCUT2D eigenvalue weighted by Gasteiger charge is -2.18. The first kappa shape index (κ1) is 25.6. The first-order chi connectivity index (χ1) is 21.1. The Labute approximate surface area is 252 Å². The van der Waals surface area contributed by atoms with E-state index in [0.717, 1.165) is 52.1 Å². The number of hydrogen-bond donors (Lipinski definition) is 1. The zero-order valence-corrected chi connectivity index (χ0v) is 23.8. The van der Waals surface area contributed by atoms with E-state index in [-0.39, 0.29) is 17.4 Å². The van der Waals surface area contributed by atoms with Crippen LogP contribution in [0.15, 0.2) is 110 Å². The highest BCUT2D eigenvalue weighted by atomic mass is 35.5. The second-order valence-corrected chi connectivity index (χ2v) is 11.5. The molecule has 8 nitrogen and oxygen atoms in total. The monoisotopic (exact) mass is 583 g/mol. The SMILES string of the molecule is O=C(NC1CCN(c2ccccn2)C1)c1ccc(-c2cnc3ncc(C4(c5ccc6ncccc6c5)C=C4)n3c2)cc1Cl. The number of carbonyl (C=O) groups is 1. The minimum Gasteiger partial charge on any atom is -0.354 e. The Kier molecular flexibility index (Phi) is 5.97. The molecule has 43 heavy (non-hydrogen) atoms. The van der Waals surface area contributed by atoms with Gasteiger partial charge in [0.2, 0.25) is 5.78 Å². The maximum atomic E-state index is 13.2. The highest BCUT2D eigenvalue weighted by molar-refractivity contribution is 6.34. The van der Waals surface area contributed by atoms with E-state index in [1.54, 1.807) is 18.5 Å². The second kappa shape index (κ2) is 10.0. The standard InChI is InChI=1S/C34H26ClN7O/c35-28-17-22(6-8-27(28)32(43)40-26-10-15-41(21-26)31-5-1-2-13-37-31)24-18-38-33-39-19-30(42(33)20-24)34(11-12-34)25-7-9-29-23(16-25)4-3-14-36-29/h1-9,11-14,16-20,26H,10,15,21H2,(H,40,43). The van der Waals surface area contributed by atoms with Gasteiger partial charge in [-0.3, -0.25) is 14.2 Å². The molecule has 1 unspecified atom stereocenters. The minimum atomic E-state index is -0.351. The van der Waals surface area contributed by atoms with Crippen LogP contribution in [0.25, 0.3) is 27.8 Å². The van der Waals surface area contributed by atoms with Gasteiger partial charge >= 0.3 is 0 Å². The Bertz CT molecular complexity index is 2050. The number of halogens is 1. The number of benzene rings is 2. The molecule has 1 fully saturated rings. The number of amides is 1. The van der Waals surface area contributed by atoms with Crippen molar-refractivity contribution in [3.63, 3.8) is 0 Å². The van der Waals surface area contributed by atoms with Crippen LogP contribution >= 0.6 is 11.6 Å². The molecule has 9 heteroatoms. The van der Waals surface area contributed by atoms with Crippen molar-refractivity contribution in [2.45, 2.75) is 17.9 Å².